The smallest absolute Gasteiger partial charge is 0.305 e. The molecular formula is C16H15ClN2O4. The van der Waals surface area contributed by atoms with Crippen LogP contribution in [0.2, 0.25) is 5.02 Å². The standard InChI is InChI=1S/C16H15ClN2O4/c17-11-4-1-3-10(7-11)13-8-12(19-23-13)15(22)18-16(5-2-6-16)9-14(20)21/h1,3-4,7-8H,2,5-6,9H2,(H,18,22)(H,20,21). The zero-order chi connectivity index (χ0) is 16.4. The van der Waals surface area contributed by atoms with Crippen LogP contribution in [0.25, 0.3) is 11.3 Å². The van der Waals surface area contributed by atoms with Gasteiger partial charge < -0.3 is 14.9 Å². The fourth-order valence-corrected chi connectivity index (χ4v) is 2.89. The van der Waals surface area contributed by atoms with Crippen molar-refractivity contribution in [2.45, 2.75) is 31.2 Å². The van der Waals surface area contributed by atoms with Gasteiger partial charge in [0.15, 0.2) is 11.5 Å². The minimum atomic E-state index is -0.926. The Morgan fingerprint density at radius 2 is 2.13 bits per heavy atom. The van der Waals surface area contributed by atoms with Crippen LogP contribution in [-0.2, 0) is 4.79 Å². The number of benzene rings is 1. The maximum atomic E-state index is 12.3. The molecule has 1 aliphatic rings. The number of rotatable bonds is 5. The van der Waals surface area contributed by atoms with Crippen LogP contribution >= 0.6 is 11.6 Å². The SMILES string of the molecule is O=C(O)CC1(NC(=O)c2cc(-c3cccc(Cl)c3)on2)CCC1. The average Bonchev–Trinajstić information content (AvgIpc) is 2.94. The number of amides is 1. The molecule has 0 spiro atoms. The Kier molecular flexibility index (Phi) is 4.09. The highest BCUT2D eigenvalue weighted by Gasteiger charge is 2.40. The fourth-order valence-electron chi connectivity index (χ4n) is 2.70. The summed E-state index contributed by atoms with van der Waals surface area (Å²) in [6.07, 6.45) is 2.13. The van der Waals surface area contributed by atoms with E-state index in [4.69, 9.17) is 21.2 Å². The van der Waals surface area contributed by atoms with Crippen molar-refractivity contribution in [3.63, 3.8) is 0 Å². The van der Waals surface area contributed by atoms with Crippen LogP contribution in [0.5, 0.6) is 0 Å². The van der Waals surface area contributed by atoms with Crippen molar-refractivity contribution >= 4 is 23.5 Å². The lowest BCUT2D eigenvalue weighted by Crippen LogP contribution is -2.54. The highest BCUT2D eigenvalue weighted by atomic mass is 35.5. The van der Waals surface area contributed by atoms with Gasteiger partial charge in [-0.3, -0.25) is 9.59 Å². The van der Waals surface area contributed by atoms with E-state index < -0.39 is 17.4 Å². The molecule has 1 aliphatic carbocycles. The summed E-state index contributed by atoms with van der Waals surface area (Å²) in [5, 5.41) is 16.1. The summed E-state index contributed by atoms with van der Waals surface area (Å²) in [5.74, 6) is -0.925. The minimum absolute atomic E-state index is 0.0856. The van der Waals surface area contributed by atoms with Gasteiger partial charge in [0.2, 0.25) is 0 Å². The molecule has 0 bridgehead atoms. The van der Waals surface area contributed by atoms with Gasteiger partial charge in [-0.2, -0.15) is 0 Å². The predicted molar refractivity (Wildman–Crippen MR) is 83.3 cm³/mol. The number of hydrogen-bond acceptors (Lipinski definition) is 4. The average molecular weight is 335 g/mol. The molecule has 1 aromatic heterocycles. The normalized spacial score (nSPS) is 15.7. The van der Waals surface area contributed by atoms with E-state index in [0.717, 1.165) is 6.42 Å². The highest BCUT2D eigenvalue weighted by Crippen LogP contribution is 2.35. The first-order valence-electron chi connectivity index (χ1n) is 7.24. The van der Waals surface area contributed by atoms with Gasteiger partial charge in [-0.15, -0.1) is 0 Å². The maximum Gasteiger partial charge on any atom is 0.305 e. The lowest BCUT2D eigenvalue weighted by molar-refractivity contribution is -0.139. The highest BCUT2D eigenvalue weighted by molar-refractivity contribution is 6.30. The number of halogens is 1. The number of nitrogens with one attached hydrogen (secondary N) is 1. The molecule has 0 unspecified atom stereocenters. The number of carbonyl (C=O) groups excluding carboxylic acids is 1. The van der Waals surface area contributed by atoms with Gasteiger partial charge in [-0.25, -0.2) is 0 Å². The molecule has 120 valence electrons. The Hall–Kier alpha value is -2.34. The van der Waals surface area contributed by atoms with E-state index in [2.05, 4.69) is 10.5 Å². The molecular weight excluding hydrogens is 320 g/mol. The molecule has 7 heteroatoms. The van der Waals surface area contributed by atoms with Gasteiger partial charge in [0.05, 0.1) is 12.0 Å². The molecule has 2 aromatic rings. The molecule has 6 nitrogen and oxygen atoms in total. The predicted octanol–water partition coefficient (Wildman–Crippen LogP) is 3.12. The first-order chi connectivity index (χ1) is 11.0. The molecule has 1 aromatic carbocycles. The zero-order valence-electron chi connectivity index (χ0n) is 12.2. The summed E-state index contributed by atoms with van der Waals surface area (Å²) < 4.78 is 5.19. The molecule has 1 fully saturated rings. The lowest BCUT2D eigenvalue weighted by Gasteiger charge is -2.41. The summed E-state index contributed by atoms with van der Waals surface area (Å²) in [6.45, 7) is 0. The molecule has 1 heterocycles. The Morgan fingerprint density at radius 1 is 1.35 bits per heavy atom. The van der Waals surface area contributed by atoms with Crippen LogP contribution in [0.4, 0.5) is 0 Å². The second kappa shape index (κ2) is 6.04. The van der Waals surface area contributed by atoms with Crippen molar-refractivity contribution in [1.29, 1.82) is 0 Å². The van der Waals surface area contributed by atoms with Crippen molar-refractivity contribution in [1.82, 2.24) is 10.5 Å². The molecule has 1 amide bonds. The molecule has 0 aliphatic heterocycles. The summed E-state index contributed by atoms with van der Waals surface area (Å²) >= 11 is 5.93. The molecule has 0 atom stereocenters. The first-order valence-corrected chi connectivity index (χ1v) is 7.62. The van der Waals surface area contributed by atoms with Gasteiger partial charge in [-0.05, 0) is 31.4 Å². The van der Waals surface area contributed by atoms with Crippen molar-refractivity contribution in [3.8, 4) is 11.3 Å². The molecule has 23 heavy (non-hydrogen) atoms. The maximum absolute atomic E-state index is 12.3. The third-order valence-electron chi connectivity index (χ3n) is 4.03. The summed E-state index contributed by atoms with van der Waals surface area (Å²) in [5.41, 5.74) is 0.169. The minimum Gasteiger partial charge on any atom is -0.481 e. The summed E-state index contributed by atoms with van der Waals surface area (Å²) in [6, 6.07) is 8.54. The van der Waals surface area contributed by atoms with Crippen molar-refractivity contribution in [2.24, 2.45) is 0 Å². The third kappa shape index (κ3) is 3.37. The van der Waals surface area contributed by atoms with E-state index in [9.17, 15) is 9.59 Å². The third-order valence-corrected chi connectivity index (χ3v) is 4.27. The van der Waals surface area contributed by atoms with Crippen LogP contribution in [0, 0.1) is 0 Å². The number of carboxylic acid groups (broad SMARTS) is 1. The number of carboxylic acids is 1. The number of carbonyl (C=O) groups is 2. The van der Waals surface area contributed by atoms with E-state index in [1.165, 1.54) is 6.07 Å². The van der Waals surface area contributed by atoms with Crippen LogP contribution in [0.1, 0.15) is 36.2 Å². The number of nitrogens with zero attached hydrogens (tertiary/aromatic N) is 1. The first kappa shape index (κ1) is 15.6. The fraction of sp³-hybridized carbons (Fsp3) is 0.312. The van der Waals surface area contributed by atoms with Gasteiger partial charge in [0, 0.05) is 16.7 Å². The molecule has 1 saturated carbocycles. The zero-order valence-corrected chi connectivity index (χ0v) is 13.0. The van der Waals surface area contributed by atoms with E-state index >= 15 is 0 Å². The quantitative estimate of drug-likeness (QED) is 0.876. The Labute approximate surface area is 137 Å². The largest absolute Gasteiger partial charge is 0.481 e. The summed E-state index contributed by atoms with van der Waals surface area (Å²) in [7, 11) is 0. The van der Waals surface area contributed by atoms with E-state index in [-0.39, 0.29) is 12.1 Å². The van der Waals surface area contributed by atoms with Crippen molar-refractivity contribution in [3.05, 3.63) is 41.0 Å². The van der Waals surface area contributed by atoms with Crippen molar-refractivity contribution < 1.29 is 19.2 Å². The molecule has 3 rings (SSSR count). The topological polar surface area (TPSA) is 92.4 Å². The molecule has 0 saturated heterocycles. The van der Waals surface area contributed by atoms with Gasteiger partial charge >= 0.3 is 5.97 Å². The Morgan fingerprint density at radius 3 is 2.74 bits per heavy atom. The number of aliphatic carboxylic acids is 1. The van der Waals surface area contributed by atoms with E-state index in [1.54, 1.807) is 24.3 Å². The second-order valence-corrected chi connectivity index (χ2v) is 6.18. The Balaban J connectivity index is 1.75. The molecule has 2 N–H and O–H groups in total. The van der Waals surface area contributed by atoms with Crippen LogP contribution in [0.3, 0.4) is 0 Å². The van der Waals surface area contributed by atoms with Crippen LogP contribution in [-0.4, -0.2) is 27.7 Å². The van der Waals surface area contributed by atoms with Crippen LogP contribution < -0.4 is 5.32 Å². The van der Waals surface area contributed by atoms with Crippen molar-refractivity contribution in [2.75, 3.05) is 0 Å². The van der Waals surface area contributed by atoms with Crippen LogP contribution in [0.15, 0.2) is 34.9 Å². The number of aromatic nitrogens is 1. The van der Waals surface area contributed by atoms with E-state index in [1.807, 2.05) is 0 Å². The van der Waals surface area contributed by atoms with Gasteiger partial charge in [-0.1, -0.05) is 28.9 Å². The summed E-state index contributed by atoms with van der Waals surface area (Å²) in [4.78, 5) is 23.2. The monoisotopic (exact) mass is 334 g/mol. The number of hydrogen-bond donors (Lipinski definition) is 2. The lowest BCUT2D eigenvalue weighted by atomic mass is 9.74. The Bertz CT molecular complexity index is 752. The van der Waals surface area contributed by atoms with Gasteiger partial charge in [0.1, 0.15) is 0 Å². The van der Waals surface area contributed by atoms with E-state index in [0.29, 0.717) is 29.2 Å². The van der Waals surface area contributed by atoms with Gasteiger partial charge in [0.25, 0.3) is 5.91 Å². The molecule has 0 radical (unpaired) electrons. The second-order valence-electron chi connectivity index (χ2n) is 5.75.